The maximum absolute atomic E-state index is 14.9. The van der Waals surface area contributed by atoms with Gasteiger partial charge in [0.25, 0.3) is 0 Å². The molecule has 1 aliphatic heterocycles. The molecule has 6 aliphatic rings. The van der Waals surface area contributed by atoms with Crippen LogP contribution in [0.25, 0.3) is 6.08 Å². The van der Waals surface area contributed by atoms with Crippen LogP contribution >= 0.6 is 0 Å². The van der Waals surface area contributed by atoms with Crippen LogP contribution in [0.4, 0.5) is 4.39 Å². The van der Waals surface area contributed by atoms with Crippen LogP contribution in [-0.4, -0.2) is 22.3 Å². The molecule has 1 saturated heterocycles. The predicted octanol–water partition coefficient (Wildman–Crippen LogP) is 7.44. The number of benzene rings is 1. The fourth-order valence-corrected chi connectivity index (χ4v) is 65.3. The molecule has 0 amide bonds. The van der Waals surface area contributed by atoms with Gasteiger partial charge < -0.3 is 0 Å². The predicted molar refractivity (Wildman–Crippen MR) is 134 cm³/mol. The Kier molecular flexibility index (Phi) is 3.72. The van der Waals surface area contributed by atoms with Gasteiger partial charge in [-0.15, -0.1) is 0 Å². The largest absolute Gasteiger partial charge is 0.207 e. The molecule has 4 heteroatoms. The normalized spacial score (nSPS) is 40.3. The molecule has 1 heterocycles. The average molecular weight is 455 g/mol. The van der Waals surface area contributed by atoms with Crippen molar-refractivity contribution in [1.82, 2.24) is 0 Å². The summed E-state index contributed by atoms with van der Waals surface area (Å²) >= 11 is 0. The van der Waals surface area contributed by atoms with Gasteiger partial charge in [-0.3, -0.25) is 0 Å². The van der Waals surface area contributed by atoms with E-state index in [1.54, 1.807) is 5.56 Å². The summed E-state index contributed by atoms with van der Waals surface area (Å²) in [6.07, 6.45) is 10.6. The summed E-state index contributed by atoms with van der Waals surface area (Å²) in [4.78, 5) is 0. The Morgan fingerprint density at radius 3 is 2.10 bits per heavy atom. The number of hydrogen-bond donors (Lipinski definition) is 0. The van der Waals surface area contributed by atoms with Gasteiger partial charge in [0.15, 0.2) is 0 Å². The minimum atomic E-state index is -1.40. The first kappa shape index (κ1) is 20.2. The van der Waals surface area contributed by atoms with Gasteiger partial charge in [-0.05, 0) is 96.0 Å². The van der Waals surface area contributed by atoms with E-state index in [1.165, 1.54) is 43.2 Å². The second-order valence-electron chi connectivity index (χ2n) is 13.5. The molecule has 0 nitrogen and oxygen atoms in total. The molecule has 4 bridgehead atoms. The van der Waals surface area contributed by atoms with E-state index in [1.807, 2.05) is 6.07 Å². The van der Waals surface area contributed by atoms with Gasteiger partial charge in [0, 0.05) is 22.3 Å². The summed E-state index contributed by atoms with van der Waals surface area (Å²) < 4.78 is 15.6. The number of allylic oxidation sites excluding steroid dienone is 1. The monoisotopic (exact) mass is 454 g/mol. The number of fused-ring (bicyclic) bond motifs is 1. The zero-order valence-electron chi connectivity index (χ0n) is 20.1. The summed E-state index contributed by atoms with van der Waals surface area (Å²) in [6, 6.07) is 4.15. The summed E-state index contributed by atoms with van der Waals surface area (Å²) in [5, 5.41) is 0. The standard InChI is InChI=1S/C26H39FSi3/c1-17-10-21-22(11-17)24(27)9-8-23(21)25-15-18-12-19(16-25)14-20(13-18)26(25)28(2,3)30(6,7)29(26,4)5/h8-10,18-20H,11-16H2,1-7H3. The Morgan fingerprint density at radius 1 is 0.900 bits per heavy atom. The summed E-state index contributed by atoms with van der Waals surface area (Å²) in [7, 11) is -3.98. The first-order chi connectivity index (χ1) is 13.9. The van der Waals surface area contributed by atoms with Crippen LogP contribution in [0.1, 0.15) is 55.7 Å². The van der Waals surface area contributed by atoms with E-state index in [4.69, 9.17) is 0 Å². The highest BCUT2D eigenvalue weighted by molar-refractivity contribution is 7.79. The lowest BCUT2D eigenvalue weighted by atomic mass is 9.46. The molecule has 5 fully saturated rings. The highest BCUT2D eigenvalue weighted by Crippen LogP contribution is 2.84. The number of rotatable bonds is 1. The van der Waals surface area contributed by atoms with Crippen LogP contribution < -0.4 is 0 Å². The van der Waals surface area contributed by atoms with E-state index in [2.05, 4.69) is 58.3 Å². The molecule has 30 heavy (non-hydrogen) atoms. The van der Waals surface area contributed by atoms with Crippen molar-refractivity contribution in [2.24, 2.45) is 17.8 Å². The summed E-state index contributed by atoms with van der Waals surface area (Å²) in [6.45, 7) is 19.1. The lowest BCUT2D eigenvalue weighted by Crippen LogP contribution is -2.97. The Hall–Kier alpha value is -0.459. The Balaban J connectivity index is 1.68. The molecule has 1 aromatic rings. The Labute approximate surface area is 185 Å². The van der Waals surface area contributed by atoms with Gasteiger partial charge in [0.05, 0.1) is 0 Å². The molecule has 0 radical (unpaired) electrons. The van der Waals surface area contributed by atoms with Crippen molar-refractivity contribution in [2.45, 2.75) is 94.8 Å². The second kappa shape index (κ2) is 5.53. The molecule has 1 spiro atoms. The molecule has 7 rings (SSSR count). The average Bonchev–Trinajstić information content (AvgIpc) is 3.02. The Morgan fingerprint density at radius 2 is 1.50 bits per heavy atom. The zero-order valence-corrected chi connectivity index (χ0v) is 23.1. The first-order valence-corrected chi connectivity index (χ1v) is 23.4. The molecular formula is C26H39FSi3. The molecule has 4 saturated carbocycles. The third kappa shape index (κ3) is 1.81. The minimum Gasteiger partial charge on any atom is -0.207 e. The van der Waals surface area contributed by atoms with E-state index in [9.17, 15) is 4.39 Å². The van der Waals surface area contributed by atoms with Crippen molar-refractivity contribution in [1.29, 1.82) is 0 Å². The van der Waals surface area contributed by atoms with Crippen LogP contribution in [0, 0.1) is 23.6 Å². The molecule has 5 aliphatic carbocycles. The minimum absolute atomic E-state index is 0.0388. The van der Waals surface area contributed by atoms with Gasteiger partial charge in [0.1, 0.15) is 5.82 Å². The SMILES string of the molecule is CC1=Cc2c(C34CC5CC(CC(C5)C35[Si](C)(C)[Si](C)(C)[Si]5(C)C)C4)ccc(F)c2C1. The van der Waals surface area contributed by atoms with Gasteiger partial charge in [-0.25, -0.2) is 4.39 Å². The topological polar surface area (TPSA) is 0 Å². The van der Waals surface area contributed by atoms with E-state index in [0.29, 0.717) is 10.1 Å². The van der Waals surface area contributed by atoms with E-state index < -0.39 is 22.3 Å². The van der Waals surface area contributed by atoms with Gasteiger partial charge in [-0.1, -0.05) is 57.0 Å². The molecule has 162 valence electrons. The van der Waals surface area contributed by atoms with Crippen LogP contribution in [0.5, 0.6) is 0 Å². The zero-order chi connectivity index (χ0) is 21.5. The fraction of sp³-hybridized carbons (Fsp3) is 0.692. The molecule has 1 aromatic carbocycles. The molecular weight excluding hydrogens is 416 g/mol. The van der Waals surface area contributed by atoms with Crippen molar-refractivity contribution in [3.63, 3.8) is 0 Å². The molecule has 2 unspecified atom stereocenters. The highest BCUT2D eigenvalue weighted by atomic mass is 29.7. The third-order valence-electron chi connectivity index (χ3n) is 12.3. The summed E-state index contributed by atoms with van der Waals surface area (Å²) in [5.41, 5.74) is 5.67. The second-order valence-corrected chi connectivity index (χ2v) is 41.8. The molecule has 0 aromatic heterocycles. The molecule has 2 atom stereocenters. The smallest absolute Gasteiger partial charge is 0.127 e. The van der Waals surface area contributed by atoms with Gasteiger partial charge >= 0.3 is 0 Å². The lowest BCUT2D eigenvalue weighted by Gasteiger charge is -2.87. The summed E-state index contributed by atoms with van der Waals surface area (Å²) in [5.74, 6) is 2.87. The van der Waals surface area contributed by atoms with Crippen LogP contribution in [0.15, 0.2) is 17.7 Å². The third-order valence-corrected chi connectivity index (χ3v) is 61.9. The first-order valence-electron chi connectivity index (χ1n) is 12.4. The molecule has 0 N–H and O–H groups in total. The van der Waals surface area contributed by atoms with Crippen LogP contribution in [-0.2, 0) is 11.8 Å². The van der Waals surface area contributed by atoms with Crippen molar-refractivity contribution < 1.29 is 4.39 Å². The quantitative estimate of drug-likeness (QED) is 0.387. The van der Waals surface area contributed by atoms with E-state index in [-0.39, 0.29) is 5.82 Å². The van der Waals surface area contributed by atoms with Gasteiger partial charge in [-0.2, -0.15) is 0 Å². The maximum atomic E-state index is 14.9. The lowest BCUT2D eigenvalue weighted by molar-refractivity contribution is -0.0279. The van der Waals surface area contributed by atoms with Crippen molar-refractivity contribution in [3.8, 4) is 0 Å². The van der Waals surface area contributed by atoms with E-state index >= 15 is 0 Å². The van der Waals surface area contributed by atoms with Gasteiger partial charge in [0.2, 0.25) is 0 Å². The van der Waals surface area contributed by atoms with Crippen LogP contribution in [0.2, 0.25) is 43.9 Å². The maximum Gasteiger partial charge on any atom is 0.127 e. The van der Waals surface area contributed by atoms with Crippen molar-refractivity contribution >= 4 is 28.4 Å². The number of halogens is 1. The van der Waals surface area contributed by atoms with Crippen LogP contribution in [0.3, 0.4) is 0 Å². The van der Waals surface area contributed by atoms with E-state index in [0.717, 1.165) is 29.7 Å². The number of hydrogen-bond acceptors (Lipinski definition) is 0. The highest BCUT2D eigenvalue weighted by Gasteiger charge is 2.87. The van der Waals surface area contributed by atoms with Crippen molar-refractivity contribution in [2.75, 3.05) is 0 Å². The van der Waals surface area contributed by atoms with Crippen molar-refractivity contribution in [3.05, 3.63) is 40.2 Å². The fourth-order valence-electron chi connectivity index (χ4n) is 11.1. The Bertz CT molecular complexity index is 970.